The number of rotatable bonds is 8. The van der Waals surface area contributed by atoms with Crippen LogP contribution in [0.25, 0.3) is 0 Å². The van der Waals surface area contributed by atoms with Crippen molar-refractivity contribution >= 4 is 35.8 Å². The van der Waals surface area contributed by atoms with Crippen molar-refractivity contribution in [3.05, 3.63) is 54.0 Å². The van der Waals surface area contributed by atoms with Gasteiger partial charge in [0.25, 0.3) is 0 Å². The zero-order valence-electron chi connectivity index (χ0n) is 18.4. The molecule has 3 rings (SSSR count). The number of fused-ring (bicyclic) bond motifs is 1. The maximum Gasteiger partial charge on any atom is 0.227 e. The number of nitrogens with zero attached hydrogens (tertiary/aromatic N) is 1. The lowest BCUT2D eigenvalue weighted by molar-refractivity contribution is -0.128. The van der Waals surface area contributed by atoms with Gasteiger partial charge in [-0.25, -0.2) is 0 Å². The maximum absolute atomic E-state index is 12.4. The van der Waals surface area contributed by atoms with Crippen LogP contribution in [0, 0.1) is 5.41 Å². The third kappa shape index (κ3) is 7.15. The average Bonchev–Trinajstić information content (AvgIpc) is 3.26. The molecular formula is C23H33IN4O3. The zero-order valence-corrected chi connectivity index (χ0v) is 20.8. The van der Waals surface area contributed by atoms with Gasteiger partial charge in [0.05, 0.1) is 30.9 Å². The van der Waals surface area contributed by atoms with Crippen LogP contribution in [0.15, 0.2) is 52.1 Å². The molecule has 1 unspecified atom stereocenters. The number of nitrogens with one attached hydrogen (secondary N) is 3. The van der Waals surface area contributed by atoms with Gasteiger partial charge in [0.1, 0.15) is 11.5 Å². The fourth-order valence-electron chi connectivity index (χ4n) is 3.32. The first kappa shape index (κ1) is 25.0. The number of amides is 1. The summed E-state index contributed by atoms with van der Waals surface area (Å²) in [6, 6.07) is 12.0. The molecule has 0 saturated heterocycles. The van der Waals surface area contributed by atoms with Crippen molar-refractivity contribution in [1.82, 2.24) is 16.0 Å². The second kappa shape index (κ2) is 12.0. The van der Waals surface area contributed by atoms with Gasteiger partial charge < -0.3 is 25.1 Å². The van der Waals surface area contributed by atoms with Gasteiger partial charge >= 0.3 is 0 Å². The predicted octanol–water partition coefficient (Wildman–Crippen LogP) is 3.66. The molecule has 1 aliphatic rings. The van der Waals surface area contributed by atoms with Gasteiger partial charge in [0.2, 0.25) is 5.91 Å². The Hall–Kier alpha value is -2.23. The van der Waals surface area contributed by atoms with E-state index in [0.717, 1.165) is 29.9 Å². The van der Waals surface area contributed by atoms with E-state index in [0.29, 0.717) is 32.2 Å². The van der Waals surface area contributed by atoms with E-state index in [9.17, 15) is 4.79 Å². The summed E-state index contributed by atoms with van der Waals surface area (Å²) >= 11 is 0. The summed E-state index contributed by atoms with van der Waals surface area (Å²) in [5.41, 5.74) is 0.520. The molecule has 170 valence electrons. The van der Waals surface area contributed by atoms with E-state index < -0.39 is 5.41 Å². The number of ether oxygens (including phenoxy) is 1. The molecule has 0 bridgehead atoms. The fourth-order valence-corrected chi connectivity index (χ4v) is 3.32. The summed E-state index contributed by atoms with van der Waals surface area (Å²) in [5.74, 6) is 2.50. The summed E-state index contributed by atoms with van der Waals surface area (Å²) in [6.07, 6.45) is 3.27. The molecule has 0 spiro atoms. The van der Waals surface area contributed by atoms with Crippen LogP contribution in [0.5, 0.6) is 5.75 Å². The molecule has 7 nitrogen and oxygen atoms in total. The summed E-state index contributed by atoms with van der Waals surface area (Å²) in [4.78, 5) is 17.1. The van der Waals surface area contributed by atoms with Crippen molar-refractivity contribution in [2.75, 3.05) is 26.2 Å². The number of carbonyl (C=O) groups excluding carboxylic acids is 1. The number of para-hydroxylation sites is 1. The van der Waals surface area contributed by atoms with Crippen LogP contribution in [0.1, 0.15) is 44.6 Å². The van der Waals surface area contributed by atoms with Crippen molar-refractivity contribution in [3.8, 4) is 5.75 Å². The molecule has 0 radical (unpaired) electrons. The molecule has 0 saturated carbocycles. The first-order valence-corrected chi connectivity index (χ1v) is 10.6. The molecule has 3 N–H and O–H groups in total. The van der Waals surface area contributed by atoms with Crippen molar-refractivity contribution in [2.45, 2.75) is 39.7 Å². The zero-order chi connectivity index (χ0) is 21.4. The Labute approximate surface area is 201 Å². The number of halogens is 1. The van der Waals surface area contributed by atoms with Gasteiger partial charge in [-0.2, -0.15) is 0 Å². The normalized spacial score (nSPS) is 15.8. The number of guanidine groups is 1. The highest BCUT2D eigenvalue weighted by molar-refractivity contribution is 14.0. The molecule has 1 aromatic carbocycles. The van der Waals surface area contributed by atoms with Crippen LogP contribution in [0.2, 0.25) is 0 Å². The lowest BCUT2D eigenvalue weighted by Gasteiger charge is -2.29. The number of benzene rings is 1. The van der Waals surface area contributed by atoms with Crippen molar-refractivity contribution in [2.24, 2.45) is 10.4 Å². The predicted molar refractivity (Wildman–Crippen MR) is 133 cm³/mol. The molecular weight excluding hydrogens is 507 g/mol. The Kier molecular flexibility index (Phi) is 9.67. The second-order valence-electron chi connectivity index (χ2n) is 8.04. The Balaban J connectivity index is 0.00000341. The van der Waals surface area contributed by atoms with Crippen LogP contribution in [-0.2, 0) is 11.2 Å². The van der Waals surface area contributed by atoms with Crippen molar-refractivity contribution in [1.29, 1.82) is 0 Å². The minimum Gasteiger partial charge on any atom is -0.493 e. The van der Waals surface area contributed by atoms with Gasteiger partial charge in [-0.05, 0) is 39.0 Å². The largest absolute Gasteiger partial charge is 0.493 e. The van der Waals surface area contributed by atoms with Gasteiger partial charge in [0, 0.05) is 31.5 Å². The number of furan rings is 1. The summed E-state index contributed by atoms with van der Waals surface area (Å²) in [6.45, 7) is 8.04. The van der Waals surface area contributed by atoms with Crippen molar-refractivity contribution < 1.29 is 13.9 Å². The molecule has 1 aromatic heterocycles. The Morgan fingerprint density at radius 1 is 1.19 bits per heavy atom. The highest BCUT2D eigenvalue weighted by atomic mass is 127. The molecule has 0 fully saturated rings. The minimum absolute atomic E-state index is 0. The SMILES string of the molecule is CCNC(=O)C(C)(C)CN=C(NCCc1ccco1)NC1CCOc2ccccc21.I. The van der Waals surface area contributed by atoms with Crippen LogP contribution >= 0.6 is 24.0 Å². The molecule has 31 heavy (non-hydrogen) atoms. The lowest BCUT2D eigenvalue weighted by atomic mass is 9.92. The molecule has 0 aliphatic carbocycles. The number of hydrogen-bond donors (Lipinski definition) is 3. The number of carbonyl (C=O) groups is 1. The molecule has 1 aliphatic heterocycles. The number of aliphatic imine (C=N–C) groups is 1. The Bertz CT molecular complexity index is 852. The Morgan fingerprint density at radius 2 is 2.00 bits per heavy atom. The van der Waals surface area contributed by atoms with E-state index >= 15 is 0 Å². The van der Waals surface area contributed by atoms with Crippen LogP contribution in [-0.4, -0.2) is 38.1 Å². The van der Waals surface area contributed by atoms with Gasteiger partial charge in [-0.15, -0.1) is 24.0 Å². The summed E-state index contributed by atoms with van der Waals surface area (Å²) < 4.78 is 11.2. The van der Waals surface area contributed by atoms with Crippen LogP contribution in [0.3, 0.4) is 0 Å². The van der Waals surface area contributed by atoms with E-state index in [1.165, 1.54) is 0 Å². The summed E-state index contributed by atoms with van der Waals surface area (Å²) in [7, 11) is 0. The monoisotopic (exact) mass is 540 g/mol. The first-order chi connectivity index (χ1) is 14.5. The molecule has 1 amide bonds. The molecule has 2 aromatic rings. The van der Waals surface area contributed by atoms with Crippen LogP contribution in [0.4, 0.5) is 0 Å². The van der Waals surface area contributed by atoms with Gasteiger partial charge in [-0.1, -0.05) is 18.2 Å². The highest BCUT2D eigenvalue weighted by Gasteiger charge is 2.27. The lowest BCUT2D eigenvalue weighted by Crippen LogP contribution is -2.44. The highest BCUT2D eigenvalue weighted by Crippen LogP contribution is 2.31. The van der Waals surface area contributed by atoms with E-state index in [1.54, 1.807) is 6.26 Å². The van der Waals surface area contributed by atoms with E-state index in [1.807, 2.05) is 51.1 Å². The number of hydrogen-bond acceptors (Lipinski definition) is 4. The maximum atomic E-state index is 12.4. The van der Waals surface area contributed by atoms with Gasteiger partial charge in [0.15, 0.2) is 5.96 Å². The van der Waals surface area contributed by atoms with Crippen molar-refractivity contribution in [3.63, 3.8) is 0 Å². The molecule has 1 atom stereocenters. The smallest absolute Gasteiger partial charge is 0.227 e. The average molecular weight is 540 g/mol. The topological polar surface area (TPSA) is 87.9 Å². The summed E-state index contributed by atoms with van der Waals surface area (Å²) in [5, 5.41) is 9.81. The van der Waals surface area contributed by atoms with E-state index in [4.69, 9.17) is 14.1 Å². The van der Waals surface area contributed by atoms with Gasteiger partial charge in [-0.3, -0.25) is 9.79 Å². The van der Waals surface area contributed by atoms with Crippen LogP contribution < -0.4 is 20.7 Å². The third-order valence-corrected chi connectivity index (χ3v) is 5.10. The van der Waals surface area contributed by atoms with E-state index in [2.05, 4.69) is 22.0 Å². The second-order valence-corrected chi connectivity index (χ2v) is 8.04. The quantitative estimate of drug-likeness (QED) is 0.270. The fraction of sp³-hybridized carbons (Fsp3) is 0.478. The first-order valence-electron chi connectivity index (χ1n) is 10.6. The molecule has 2 heterocycles. The Morgan fingerprint density at radius 3 is 2.74 bits per heavy atom. The minimum atomic E-state index is -0.598. The van der Waals surface area contributed by atoms with E-state index in [-0.39, 0.29) is 35.9 Å². The third-order valence-electron chi connectivity index (χ3n) is 5.10. The standard InChI is InChI=1S/C23H32N4O3.HI/c1-4-24-21(28)23(2,3)16-26-22(25-13-11-17-8-7-14-29-17)27-19-12-15-30-20-10-6-5-9-18(19)20;/h5-10,14,19H,4,11-13,15-16H2,1-3H3,(H,24,28)(H2,25,26,27);1H. The molecule has 8 heteroatoms.